The Labute approximate surface area is 243 Å². The van der Waals surface area contributed by atoms with Gasteiger partial charge in [-0.1, -0.05) is 114 Å². The lowest BCUT2D eigenvalue weighted by Crippen LogP contribution is -2.61. The van der Waals surface area contributed by atoms with E-state index < -0.39 is 30.4 Å². The molecule has 8 heteroatoms. The van der Waals surface area contributed by atoms with Gasteiger partial charge in [0.1, 0.15) is 29.1 Å². The summed E-state index contributed by atoms with van der Waals surface area (Å²) in [6.45, 7) is 3.48. The maximum Gasteiger partial charge on any atom is 0.317 e. The Morgan fingerprint density at radius 2 is 1.28 bits per heavy atom. The van der Waals surface area contributed by atoms with Crippen molar-refractivity contribution in [2.24, 2.45) is 0 Å². The largest absolute Gasteiger partial charge is 0.456 e. The summed E-state index contributed by atoms with van der Waals surface area (Å²) >= 11 is 4.88. The van der Waals surface area contributed by atoms with Crippen molar-refractivity contribution in [3.05, 3.63) is 108 Å². The van der Waals surface area contributed by atoms with Crippen LogP contribution < -0.4 is 0 Å². The average molecular weight is 616 g/mol. The molecule has 1 aliphatic rings. The van der Waals surface area contributed by atoms with Crippen molar-refractivity contribution >= 4 is 33.7 Å². The second kappa shape index (κ2) is 16.2. The Morgan fingerprint density at radius 3 is 1.79 bits per heavy atom. The van der Waals surface area contributed by atoms with Crippen LogP contribution in [0.3, 0.4) is 0 Å². The lowest BCUT2D eigenvalue weighted by molar-refractivity contribution is -0.248. The first-order valence-electron chi connectivity index (χ1n) is 13.1. The molecule has 208 valence electrons. The van der Waals surface area contributed by atoms with E-state index in [1.807, 2.05) is 91.0 Å². The van der Waals surface area contributed by atoms with Gasteiger partial charge in [0.2, 0.25) is 0 Å². The third-order valence-corrected chi connectivity index (χ3v) is 7.76. The standard InChI is InChI=1S/C31H35BrO6S/c1-2-39-31-30(36-21-25-16-10-5-11-17-25)29(35-20-24-14-8-4-9-15-24)28(38-27(33)18-32)26(37-31)22-34-19-23-12-6-3-7-13-23/h3-17,26,28-31H,2,18-22H2,1H3/t26-,28+,29+,30-,31+/m1/s1. The fraction of sp³-hybridized carbons (Fsp3) is 0.387. The van der Waals surface area contributed by atoms with Crippen LogP contribution in [-0.4, -0.2) is 53.5 Å². The zero-order valence-corrected chi connectivity index (χ0v) is 24.4. The lowest BCUT2D eigenvalue weighted by Gasteiger charge is -2.45. The molecule has 3 aromatic carbocycles. The highest BCUT2D eigenvalue weighted by atomic mass is 79.9. The number of thioether (sulfide) groups is 1. The molecule has 6 nitrogen and oxygen atoms in total. The number of benzene rings is 3. The molecule has 1 saturated heterocycles. The van der Waals surface area contributed by atoms with Crippen molar-refractivity contribution < 1.29 is 28.5 Å². The number of esters is 1. The Bertz CT molecular complexity index is 1100. The summed E-state index contributed by atoms with van der Waals surface area (Å²) in [6.07, 6.45) is -2.29. The van der Waals surface area contributed by atoms with Gasteiger partial charge in [-0.25, -0.2) is 0 Å². The second-order valence-corrected chi connectivity index (χ2v) is 11.0. The Balaban J connectivity index is 1.58. The number of hydrogen-bond donors (Lipinski definition) is 0. The quantitative estimate of drug-likeness (QED) is 0.159. The monoisotopic (exact) mass is 614 g/mol. The number of halogens is 1. The van der Waals surface area contributed by atoms with Crippen LogP contribution in [0.5, 0.6) is 0 Å². The summed E-state index contributed by atoms with van der Waals surface area (Å²) in [4.78, 5) is 12.6. The van der Waals surface area contributed by atoms with Crippen molar-refractivity contribution in [3.63, 3.8) is 0 Å². The van der Waals surface area contributed by atoms with Crippen LogP contribution in [0.2, 0.25) is 0 Å². The zero-order valence-electron chi connectivity index (χ0n) is 22.0. The minimum atomic E-state index is -0.719. The van der Waals surface area contributed by atoms with Crippen molar-refractivity contribution in [1.29, 1.82) is 0 Å². The number of carbonyl (C=O) groups is 1. The van der Waals surface area contributed by atoms with Gasteiger partial charge in [-0.3, -0.25) is 4.79 Å². The van der Waals surface area contributed by atoms with Gasteiger partial charge in [-0.2, -0.15) is 0 Å². The lowest BCUT2D eigenvalue weighted by atomic mass is 9.99. The maximum absolute atomic E-state index is 12.6. The van der Waals surface area contributed by atoms with Crippen LogP contribution in [0.1, 0.15) is 23.6 Å². The smallest absolute Gasteiger partial charge is 0.317 e. The van der Waals surface area contributed by atoms with Crippen molar-refractivity contribution in [3.8, 4) is 0 Å². The number of rotatable bonds is 14. The van der Waals surface area contributed by atoms with Gasteiger partial charge in [0.25, 0.3) is 0 Å². The minimum Gasteiger partial charge on any atom is -0.456 e. The molecule has 0 spiro atoms. The topological polar surface area (TPSA) is 63.2 Å². The second-order valence-electron chi connectivity index (χ2n) is 9.11. The van der Waals surface area contributed by atoms with Gasteiger partial charge in [0, 0.05) is 0 Å². The number of ether oxygens (including phenoxy) is 5. The number of hydrogen-bond acceptors (Lipinski definition) is 7. The predicted octanol–water partition coefficient (Wildman–Crippen LogP) is 6.16. The molecule has 0 N–H and O–H groups in total. The van der Waals surface area contributed by atoms with E-state index in [2.05, 4.69) is 22.9 Å². The van der Waals surface area contributed by atoms with Gasteiger partial charge in [0.15, 0.2) is 6.10 Å². The first kappa shape index (κ1) is 29.8. The highest BCUT2D eigenvalue weighted by molar-refractivity contribution is 9.09. The SMILES string of the molecule is CCS[C@@H]1O[C@H](COCc2ccccc2)[C@H](OC(=O)CBr)[C@H](OCc2ccccc2)[C@H]1OCc1ccccc1. The first-order valence-corrected chi connectivity index (χ1v) is 15.3. The molecule has 39 heavy (non-hydrogen) atoms. The highest BCUT2D eigenvalue weighted by Gasteiger charge is 2.49. The van der Waals surface area contributed by atoms with E-state index in [-0.39, 0.29) is 17.4 Å². The Kier molecular flexibility index (Phi) is 12.3. The summed E-state index contributed by atoms with van der Waals surface area (Å²) in [5.74, 6) is 0.429. The maximum atomic E-state index is 12.6. The summed E-state index contributed by atoms with van der Waals surface area (Å²) in [7, 11) is 0. The van der Waals surface area contributed by atoms with E-state index in [9.17, 15) is 4.79 Å². The molecule has 0 aliphatic carbocycles. The molecule has 0 aromatic heterocycles. The molecule has 0 bridgehead atoms. The van der Waals surface area contributed by atoms with Gasteiger partial charge in [-0.15, -0.1) is 11.8 Å². The van der Waals surface area contributed by atoms with E-state index in [1.54, 1.807) is 11.8 Å². The normalized spacial score (nSPS) is 22.9. The number of carbonyl (C=O) groups excluding carboxylic acids is 1. The van der Waals surface area contributed by atoms with E-state index in [0.717, 1.165) is 22.4 Å². The molecule has 1 heterocycles. The van der Waals surface area contributed by atoms with Crippen LogP contribution in [-0.2, 0) is 48.3 Å². The van der Waals surface area contributed by atoms with E-state index >= 15 is 0 Å². The van der Waals surface area contributed by atoms with Crippen molar-refractivity contribution in [1.82, 2.24) is 0 Å². The van der Waals surface area contributed by atoms with Gasteiger partial charge < -0.3 is 23.7 Å². The minimum absolute atomic E-state index is 0.0647. The molecule has 0 radical (unpaired) electrons. The molecule has 0 amide bonds. The van der Waals surface area contributed by atoms with E-state index in [1.165, 1.54) is 0 Å². The number of alkyl halides is 1. The predicted molar refractivity (Wildman–Crippen MR) is 157 cm³/mol. The third-order valence-electron chi connectivity index (χ3n) is 6.26. The molecule has 1 aliphatic heterocycles. The fourth-order valence-electron chi connectivity index (χ4n) is 4.40. The van der Waals surface area contributed by atoms with Crippen LogP contribution in [0.4, 0.5) is 0 Å². The van der Waals surface area contributed by atoms with Gasteiger partial charge >= 0.3 is 5.97 Å². The molecular weight excluding hydrogens is 580 g/mol. The van der Waals surface area contributed by atoms with Crippen LogP contribution in [0, 0.1) is 0 Å². The zero-order chi connectivity index (χ0) is 27.3. The molecule has 4 rings (SSSR count). The van der Waals surface area contributed by atoms with Gasteiger partial charge in [0.05, 0.1) is 26.4 Å². The van der Waals surface area contributed by atoms with Crippen LogP contribution in [0.15, 0.2) is 91.0 Å². The summed E-state index contributed by atoms with van der Waals surface area (Å²) in [5.41, 5.74) is 2.79. The summed E-state index contributed by atoms with van der Waals surface area (Å²) < 4.78 is 31.6. The highest BCUT2D eigenvalue weighted by Crippen LogP contribution is 2.35. The summed E-state index contributed by atoms with van der Waals surface area (Å²) in [6, 6.07) is 29.9. The van der Waals surface area contributed by atoms with Crippen LogP contribution in [0.25, 0.3) is 0 Å². The third kappa shape index (κ3) is 9.17. The Morgan fingerprint density at radius 1 is 0.769 bits per heavy atom. The van der Waals surface area contributed by atoms with E-state index in [4.69, 9.17) is 23.7 Å². The Hall–Kier alpha value is -2.20. The molecule has 0 unspecified atom stereocenters. The molecule has 1 fully saturated rings. The van der Waals surface area contributed by atoms with Crippen molar-refractivity contribution in [2.75, 3.05) is 17.7 Å². The van der Waals surface area contributed by atoms with Crippen LogP contribution >= 0.6 is 27.7 Å². The molecular formula is C31H35BrO6S. The molecule has 0 saturated carbocycles. The average Bonchev–Trinajstić information content (AvgIpc) is 2.98. The first-order chi connectivity index (χ1) is 19.2. The van der Waals surface area contributed by atoms with Gasteiger partial charge in [-0.05, 0) is 22.4 Å². The van der Waals surface area contributed by atoms with E-state index in [0.29, 0.717) is 19.8 Å². The van der Waals surface area contributed by atoms with Crippen molar-refractivity contribution in [2.45, 2.75) is 56.6 Å². The summed E-state index contributed by atoms with van der Waals surface area (Å²) in [5, 5.41) is 0.0647. The fourth-order valence-corrected chi connectivity index (χ4v) is 5.51. The molecule has 3 aromatic rings. The molecule has 5 atom stereocenters.